The third kappa shape index (κ3) is 5.55. The summed E-state index contributed by atoms with van der Waals surface area (Å²) in [4.78, 5) is 40.0. The van der Waals surface area contributed by atoms with Gasteiger partial charge in [-0.1, -0.05) is 47.1 Å². The molecule has 5 aliphatic rings. The predicted octanol–water partition coefficient (Wildman–Crippen LogP) is 6.97. The van der Waals surface area contributed by atoms with Crippen molar-refractivity contribution < 1.29 is 24.2 Å². The number of hydrogen-bond acceptors (Lipinski definition) is 5. The maximum Gasteiger partial charge on any atom is 0.407 e. The van der Waals surface area contributed by atoms with E-state index in [0.717, 1.165) is 57.8 Å². The van der Waals surface area contributed by atoms with E-state index >= 15 is 0 Å². The second-order valence-corrected chi connectivity index (χ2v) is 18.1. The minimum atomic E-state index is -0.537. The quantitative estimate of drug-likeness (QED) is 0.291. The summed E-state index contributed by atoms with van der Waals surface area (Å²) < 4.78 is 5.30. The summed E-state index contributed by atoms with van der Waals surface area (Å²) in [6, 6.07) is 0. The number of carbonyl (C=O) groups excluding carboxylic acids is 3. The molecule has 248 valence electrons. The Kier molecular flexibility index (Phi) is 8.46. The van der Waals surface area contributed by atoms with Crippen LogP contribution in [0.4, 0.5) is 4.79 Å². The molecule has 44 heavy (non-hydrogen) atoms. The highest BCUT2D eigenvalue weighted by atomic mass is 16.6. The standard InChI is InChI=1S/C37H60N2O5/c1-32(2,3)44-31(43)39-20-10-19-38-30(42)35(7)18-17-34(6)14-11-24-23(25(34)22-35)21-26(40)29-36(24,8)15-12-27-33(4,5)28(41)13-16-37(27,29)9/h21,24-25,27-29,41H,10-20,22H2,1-9H3,(H,38,42)(H,39,43)/t24?,25-,27-,28-,29-,34-,35-,36-,37-/m0/s1. The zero-order chi connectivity index (χ0) is 32.5. The molecule has 7 heteroatoms. The van der Waals surface area contributed by atoms with Gasteiger partial charge in [0, 0.05) is 24.4 Å². The van der Waals surface area contributed by atoms with Crippen molar-refractivity contribution in [3.63, 3.8) is 0 Å². The summed E-state index contributed by atoms with van der Waals surface area (Å²) in [6.45, 7) is 20.2. The number of nitrogens with one attached hydrogen (secondary N) is 2. The molecule has 9 atom stereocenters. The maximum absolute atomic E-state index is 14.4. The molecule has 0 aromatic heterocycles. The SMILES string of the molecule is CC(C)(C)OC(=O)NCCCNC(=O)[C@@]1(C)CC[C@]2(C)CCC3C(=CC(=O)[C@@H]4[C@@]5(C)CC[C@H](O)C(C)(C)[C@@H]5CC[C@@]34C)[C@@H]2C1. The topological polar surface area (TPSA) is 105 Å². The molecule has 0 aromatic carbocycles. The Balaban J connectivity index is 1.31. The molecule has 0 spiro atoms. The second kappa shape index (κ2) is 11.1. The fourth-order valence-electron chi connectivity index (χ4n) is 11.1. The van der Waals surface area contributed by atoms with Crippen LogP contribution in [0.2, 0.25) is 0 Å². The molecule has 1 unspecified atom stereocenters. The minimum Gasteiger partial charge on any atom is -0.444 e. The van der Waals surface area contributed by atoms with E-state index in [1.54, 1.807) is 0 Å². The van der Waals surface area contributed by atoms with Crippen LogP contribution in [-0.2, 0) is 14.3 Å². The number of rotatable bonds is 5. The lowest BCUT2D eigenvalue weighted by molar-refractivity contribution is -0.188. The van der Waals surface area contributed by atoms with E-state index in [-0.39, 0.29) is 45.5 Å². The van der Waals surface area contributed by atoms with Gasteiger partial charge in [-0.25, -0.2) is 4.79 Å². The number of aliphatic hydroxyl groups is 1. The molecular weight excluding hydrogens is 552 g/mol. The van der Waals surface area contributed by atoms with Gasteiger partial charge in [0.05, 0.1) is 6.10 Å². The van der Waals surface area contributed by atoms with Crippen molar-refractivity contribution in [1.29, 1.82) is 0 Å². The van der Waals surface area contributed by atoms with Gasteiger partial charge in [-0.3, -0.25) is 9.59 Å². The molecule has 0 radical (unpaired) electrons. The Bertz CT molecular complexity index is 1200. The normalized spacial score (nSPS) is 42.9. The highest BCUT2D eigenvalue weighted by Crippen LogP contribution is 2.71. The van der Waals surface area contributed by atoms with Gasteiger partial charge >= 0.3 is 6.09 Å². The lowest BCUT2D eigenvalue weighted by Gasteiger charge is -2.67. The Hall–Kier alpha value is -1.89. The zero-order valence-corrected chi connectivity index (χ0v) is 29.0. The Morgan fingerprint density at radius 2 is 1.55 bits per heavy atom. The van der Waals surface area contributed by atoms with Crippen molar-refractivity contribution in [2.24, 2.45) is 50.7 Å². The monoisotopic (exact) mass is 612 g/mol. The van der Waals surface area contributed by atoms with E-state index in [0.29, 0.717) is 37.1 Å². The number of carbonyl (C=O) groups is 3. The molecule has 0 aliphatic heterocycles. The van der Waals surface area contributed by atoms with E-state index in [9.17, 15) is 19.5 Å². The molecule has 2 amide bonds. The molecule has 4 saturated carbocycles. The average Bonchev–Trinajstić information content (AvgIpc) is 2.90. The van der Waals surface area contributed by atoms with Crippen molar-refractivity contribution in [3.05, 3.63) is 11.6 Å². The van der Waals surface area contributed by atoms with E-state index in [2.05, 4.69) is 58.3 Å². The first kappa shape index (κ1) is 33.5. The van der Waals surface area contributed by atoms with Gasteiger partial charge in [-0.2, -0.15) is 0 Å². The highest BCUT2D eigenvalue weighted by molar-refractivity contribution is 5.95. The first-order valence-corrected chi connectivity index (χ1v) is 17.5. The highest BCUT2D eigenvalue weighted by Gasteiger charge is 2.67. The van der Waals surface area contributed by atoms with Gasteiger partial charge in [0.1, 0.15) is 5.60 Å². The minimum absolute atomic E-state index is 0.00815. The Morgan fingerprint density at radius 3 is 2.23 bits per heavy atom. The number of ketones is 1. The van der Waals surface area contributed by atoms with Crippen LogP contribution < -0.4 is 10.6 Å². The first-order chi connectivity index (χ1) is 20.3. The largest absolute Gasteiger partial charge is 0.444 e. The molecule has 0 aromatic rings. The van der Waals surface area contributed by atoms with Gasteiger partial charge in [0.25, 0.3) is 0 Å². The lowest BCUT2D eigenvalue weighted by Crippen LogP contribution is -2.64. The van der Waals surface area contributed by atoms with Crippen LogP contribution in [0.3, 0.4) is 0 Å². The summed E-state index contributed by atoms with van der Waals surface area (Å²) in [5.74, 6) is 1.33. The second-order valence-electron chi connectivity index (χ2n) is 18.1. The third-order valence-corrected chi connectivity index (χ3v) is 13.6. The molecule has 0 bridgehead atoms. The summed E-state index contributed by atoms with van der Waals surface area (Å²) in [7, 11) is 0. The number of allylic oxidation sites excluding steroid dienone is 2. The number of aliphatic hydroxyl groups excluding tert-OH is 1. The van der Waals surface area contributed by atoms with E-state index in [1.165, 1.54) is 5.57 Å². The number of amides is 2. The fraction of sp³-hybridized carbons (Fsp3) is 0.865. The molecule has 0 saturated heterocycles. The van der Waals surface area contributed by atoms with Crippen LogP contribution in [0.1, 0.15) is 127 Å². The maximum atomic E-state index is 14.4. The summed E-state index contributed by atoms with van der Waals surface area (Å²) in [6.07, 6.45) is 10.6. The molecule has 0 heterocycles. The predicted molar refractivity (Wildman–Crippen MR) is 173 cm³/mol. The number of ether oxygens (including phenoxy) is 1. The van der Waals surface area contributed by atoms with Crippen LogP contribution >= 0.6 is 0 Å². The molecule has 7 nitrogen and oxygen atoms in total. The molecule has 4 fully saturated rings. The zero-order valence-electron chi connectivity index (χ0n) is 29.0. The summed E-state index contributed by atoms with van der Waals surface area (Å²) in [5, 5.41) is 16.9. The van der Waals surface area contributed by atoms with Crippen LogP contribution in [-0.4, -0.2) is 47.7 Å². The lowest BCUT2D eigenvalue weighted by atomic mass is 9.37. The van der Waals surface area contributed by atoms with Gasteiger partial charge in [-0.05, 0) is 130 Å². The van der Waals surface area contributed by atoms with E-state index < -0.39 is 17.1 Å². The fourth-order valence-corrected chi connectivity index (χ4v) is 11.1. The Labute approximate surface area is 266 Å². The number of hydrogen-bond donors (Lipinski definition) is 3. The number of fused-ring (bicyclic) bond motifs is 7. The molecule has 3 N–H and O–H groups in total. The van der Waals surface area contributed by atoms with Crippen molar-refractivity contribution >= 4 is 17.8 Å². The van der Waals surface area contributed by atoms with Crippen LogP contribution in [0, 0.1) is 50.7 Å². The van der Waals surface area contributed by atoms with Gasteiger partial charge in [0.15, 0.2) is 5.78 Å². The Morgan fingerprint density at radius 1 is 0.886 bits per heavy atom. The number of alkyl carbamates (subject to hydrolysis) is 1. The van der Waals surface area contributed by atoms with Crippen LogP contribution in [0.15, 0.2) is 11.6 Å². The van der Waals surface area contributed by atoms with Crippen molar-refractivity contribution in [2.75, 3.05) is 13.1 Å². The van der Waals surface area contributed by atoms with E-state index in [1.807, 2.05) is 20.8 Å². The van der Waals surface area contributed by atoms with Crippen LogP contribution in [0.25, 0.3) is 0 Å². The van der Waals surface area contributed by atoms with Crippen molar-refractivity contribution in [1.82, 2.24) is 10.6 Å². The molecule has 5 aliphatic carbocycles. The van der Waals surface area contributed by atoms with Gasteiger partial charge < -0.3 is 20.5 Å². The average molecular weight is 613 g/mol. The molecular formula is C37H60N2O5. The third-order valence-electron chi connectivity index (χ3n) is 13.6. The smallest absolute Gasteiger partial charge is 0.407 e. The molecule has 5 rings (SSSR count). The summed E-state index contributed by atoms with van der Waals surface area (Å²) >= 11 is 0. The van der Waals surface area contributed by atoms with Crippen molar-refractivity contribution in [2.45, 2.75) is 138 Å². The van der Waals surface area contributed by atoms with Crippen molar-refractivity contribution in [3.8, 4) is 0 Å². The van der Waals surface area contributed by atoms with E-state index in [4.69, 9.17) is 4.74 Å². The van der Waals surface area contributed by atoms with Crippen LogP contribution in [0.5, 0.6) is 0 Å². The van der Waals surface area contributed by atoms with Gasteiger partial charge in [0.2, 0.25) is 5.91 Å². The first-order valence-electron chi connectivity index (χ1n) is 17.5. The van der Waals surface area contributed by atoms with Gasteiger partial charge in [-0.15, -0.1) is 0 Å². The summed E-state index contributed by atoms with van der Waals surface area (Å²) in [5.41, 5.74) is 0.0532.